The number of alkyl carbamates (subject to hydrolysis) is 1. The van der Waals surface area contributed by atoms with Crippen molar-refractivity contribution >= 4 is 14.4 Å². The van der Waals surface area contributed by atoms with Crippen LogP contribution >= 0.6 is 0 Å². The van der Waals surface area contributed by atoms with Crippen molar-refractivity contribution in [2.24, 2.45) is 0 Å². The van der Waals surface area contributed by atoms with Crippen molar-refractivity contribution in [3.63, 3.8) is 0 Å². The van der Waals surface area contributed by atoms with Gasteiger partial charge in [0.1, 0.15) is 5.60 Å². The molecule has 0 radical (unpaired) electrons. The van der Waals surface area contributed by atoms with Crippen molar-refractivity contribution in [1.29, 1.82) is 0 Å². The van der Waals surface area contributed by atoms with E-state index in [1.54, 1.807) is 7.11 Å². The van der Waals surface area contributed by atoms with E-state index in [0.717, 1.165) is 41.9 Å². The molecule has 8 nitrogen and oxygen atoms in total. The number of piperidine rings is 1. The number of aromatic hydroxyl groups is 1. The summed E-state index contributed by atoms with van der Waals surface area (Å²) >= 11 is 0. The number of ether oxygens (including phenoxy) is 2. The fourth-order valence-corrected chi connectivity index (χ4v) is 6.36. The number of rotatable bonds is 6. The largest absolute Gasteiger partial charge is 0.504 e. The third-order valence-electron chi connectivity index (χ3n) is 8.64. The molecule has 1 fully saturated rings. The van der Waals surface area contributed by atoms with E-state index in [2.05, 4.69) is 50.1 Å². The van der Waals surface area contributed by atoms with Crippen LogP contribution in [0.15, 0.2) is 30.5 Å². The average molecular weight is 570 g/mol. The van der Waals surface area contributed by atoms with Crippen LogP contribution in [-0.2, 0) is 22.2 Å². The Morgan fingerprint density at radius 3 is 2.55 bits per heavy atom. The molecular weight excluding hydrogens is 522 g/mol. The van der Waals surface area contributed by atoms with Gasteiger partial charge in [-0.2, -0.15) is 0 Å². The van der Waals surface area contributed by atoms with Gasteiger partial charge in [-0.05, 0) is 92.7 Å². The lowest BCUT2D eigenvalue weighted by atomic mass is 9.79. The Morgan fingerprint density at radius 1 is 1.18 bits per heavy atom. The summed E-state index contributed by atoms with van der Waals surface area (Å²) in [7, 11) is -0.333. The second kappa shape index (κ2) is 11.3. The van der Waals surface area contributed by atoms with Gasteiger partial charge in [-0.1, -0.05) is 20.8 Å². The second-order valence-corrected chi connectivity index (χ2v) is 18.5. The minimum atomic E-state index is -1.90. The van der Waals surface area contributed by atoms with Gasteiger partial charge in [-0.15, -0.1) is 0 Å². The molecule has 0 spiro atoms. The molecule has 1 aromatic carbocycles. The lowest BCUT2D eigenvalue weighted by molar-refractivity contribution is 0.0411. The van der Waals surface area contributed by atoms with Crippen LogP contribution in [0.25, 0.3) is 0 Å². The number of fused-ring (bicyclic) bond motifs is 3. The molecule has 0 aliphatic carbocycles. The highest BCUT2D eigenvalue weighted by Crippen LogP contribution is 2.44. The number of methoxy groups -OCH3 is 1. The number of pyridine rings is 1. The number of nitrogens with one attached hydrogen (secondary N) is 1. The first-order valence-corrected chi connectivity index (χ1v) is 17.2. The average Bonchev–Trinajstić information content (AvgIpc) is 2.85. The summed E-state index contributed by atoms with van der Waals surface area (Å²) in [6, 6.07) is 7.82. The van der Waals surface area contributed by atoms with Crippen molar-refractivity contribution in [3.05, 3.63) is 52.8 Å². The Kier molecular flexibility index (Phi) is 8.60. The molecule has 1 aromatic heterocycles. The number of carbonyl (C=O) groups is 1. The van der Waals surface area contributed by atoms with Gasteiger partial charge in [-0.25, -0.2) is 4.79 Å². The van der Waals surface area contributed by atoms with Gasteiger partial charge in [0.15, 0.2) is 19.8 Å². The van der Waals surface area contributed by atoms with Gasteiger partial charge in [0.05, 0.1) is 13.7 Å². The van der Waals surface area contributed by atoms with Crippen LogP contribution in [0.2, 0.25) is 18.1 Å². The molecule has 0 unspecified atom stereocenters. The smallest absolute Gasteiger partial charge is 0.407 e. The number of aromatic nitrogens is 1. The fraction of sp³-hybridized carbons (Fsp3) is 0.613. The Balaban J connectivity index is 1.63. The minimum absolute atomic E-state index is 0.0165. The van der Waals surface area contributed by atoms with Crippen molar-refractivity contribution < 1.29 is 23.8 Å². The number of phenols is 1. The second-order valence-electron chi connectivity index (χ2n) is 13.7. The van der Waals surface area contributed by atoms with Crippen LogP contribution in [-0.4, -0.2) is 61.2 Å². The lowest BCUT2D eigenvalue weighted by Crippen LogP contribution is -2.53. The highest BCUT2D eigenvalue weighted by atomic mass is 28.4. The van der Waals surface area contributed by atoms with Crippen LogP contribution < -0.4 is 10.1 Å². The zero-order valence-electron chi connectivity index (χ0n) is 25.6. The number of hydrogen-bond donors (Lipinski definition) is 2. The summed E-state index contributed by atoms with van der Waals surface area (Å²) in [4.78, 5) is 20.3. The molecular formula is C31H47N3O5Si. The van der Waals surface area contributed by atoms with E-state index in [4.69, 9.17) is 18.9 Å². The maximum Gasteiger partial charge on any atom is 0.407 e. The van der Waals surface area contributed by atoms with Crippen molar-refractivity contribution in [2.75, 3.05) is 20.2 Å². The maximum absolute atomic E-state index is 13.0. The molecule has 40 heavy (non-hydrogen) atoms. The molecule has 1 saturated heterocycles. The number of phenolic OH excluding ortho intramolecular Hbond substituents is 1. The predicted molar refractivity (Wildman–Crippen MR) is 159 cm³/mol. The first-order chi connectivity index (χ1) is 18.6. The van der Waals surface area contributed by atoms with Gasteiger partial charge < -0.3 is 24.3 Å². The molecule has 2 aromatic rings. The normalized spacial score (nSPS) is 21.8. The highest BCUT2D eigenvalue weighted by molar-refractivity contribution is 6.74. The van der Waals surface area contributed by atoms with Crippen molar-refractivity contribution in [3.8, 4) is 11.5 Å². The quantitative estimate of drug-likeness (QED) is 0.395. The number of carbonyl (C=O) groups excluding carboxylic acids is 1. The Bertz CT molecular complexity index is 1220. The predicted octanol–water partition coefficient (Wildman–Crippen LogP) is 6.30. The molecule has 0 saturated carbocycles. The minimum Gasteiger partial charge on any atom is -0.504 e. The fourth-order valence-electron chi connectivity index (χ4n) is 5.40. The summed E-state index contributed by atoms with van der Waals surface area (Å²) in [6.45, 7) is 19.0. The van der Waals surface area contributed by atoms with E-state index in [0.29, 0.717) is 18.8 Å². The van der Waals surface area contributed by atoms with E-state index in [-0.39, 0.29) is 28.8 Å². The zero-order chi connectivity index (χ0) is 29.5. The number of hydrogen-bond acceptors (Lipinski definition) is 7. The molecule has 2 N–H and O–H groups in total. The van der Waals surface area contributed by atoms with Crippen molar-refractivity contribution in [1.82, 2.24) is 15.2 Å². The zero-order valence-corrected chi connectivity index (χ0v) is 26.6. The summed E-state index contributed by atoms with van der Waals surface area (Å²) in [6.07, 6.45) is 2.97. The molecule has 0 bridgehead atoms. The molecule has 9 heteroatoms. The summed E-state index contributed by atoms with van der Waals surface area (Å²) in [5.74, 6) is 0.611. The van der Waals surface area contributed by atoms with Crippen LogP contribution in [0.3, 0.4) is 0 Å². The van der Waals surface area contributed by atoms with Crippen LogP contribution in [0.1, 0.15) is 82.3 Å². The third kappa shape index (κ3) is 6.81. The first kappa shape index (κ1) is 30.3. The summed E-state index contributed by atoms with van der Waals surface area (Å²) < 4.78 is 17.6. The van der Waals surface area contributed by atoms with Crippen LogP contribution in [0.5, 0.6) is 11.5 Å². The lowest BCUT2D eigenvalue weighted by Gasteiger charge is -2.47. The number of amides is 1. The summed E-state index contributed by atoms with van der Waals surface area (Å²) in [5.41, 5.74) is 3.71. The molecule has 1 amide bonds. The van der Waals surface area contributed by atoms with Gasteiger partial charge in [0.2, 0.25) is 0 Å². The van der Waals surface area contributed by atoms with Crippen LogP contribution in [0, 0.1) is 0 Å². The monoisotopic (exact) mass is 569 g/mol. The van der Waals surface area contributed by atoms with Crippen LogP contribution in [0.4, 0.5) is 4.79 Å². The van der Waals surface area contributed by atoms with Gasteiger partial charge in [-0.3, -0.25) is 9.88 Å². The molecule has 3 atom stereocenters. The van der Waals surface area contributed by atoms with E-state index in [1.165, 1.54) is 0 Å². The Hall–Kier alpha value is -2.62. The molecule has 2 aliphatic rings. The van der Waals surface area contributed by atoms with Crippen molar-refractivity contribution in [2.45, 2.75) is 103 Å². The summed E-state index contributed by atoms with van der Waals surface area (Å²) in [5, 5.41) is 13.7. The molecule has 2 aliphatic heterocycles. The van der Waals surface area contributed by atoms with Gasteiger partial charge >= 0.3 is 6.09 Å². The maximum atomic E-state index is 13.0. The first-order valence-electron chi connectivity index (χ1n) is 14.3. The molecule has 220 valence electrons. The van der Waals surface area contributed by atoms with E-state index in [9.17, 15) is 9.90 Å². The van der Waals surface area contributed by atoms with E-state index >= 15 is 0 Å². The van der Waals surface area contributed by atoms with E-state index < -0.39 is 20.0 Å². The standard InChI is InChI=1S/C31H47N3O5Si/c1-30(2,3)39-29(36)33-25-17-26-22-16-28(37-7)27(35)15-21(22)11-13-34(26)18-23(25)24-14-20(10-12-32-24)19-38-40(8,9)31(4,5)6/h10,12,14-16,23,25-26,35H,11,13,17-19H2,1-9H3,(H,33,36)/t23-,25+,26+/m0/s1. The third-order valence-corrected chi connectivity index (χ3v) is 13.1. The topological polar surface area (TPSA) is 93.2 Å². The number of nitrogens with zero attached hydrogens (tertiary/aromatic N) is 2. The Labute approximate surface area is 240 Å². The van der Waals surface area contributed by atoms with Gasteiger partial charge in [0.25, 0.3) is 0 Å². The Morgan fingerprint density at radius 2 is 1.90 bits per heavy atom. The number of benzene rings is 1. The SMILES string of the molecule is COc1cc2c(cc1O)CCN1C[C@@H](c3cc(CO[Si](C)(C)C(C)(C)C)ccn3)[C@H](NC(=O)OC(C)(C)C)C[C@H]21. The molecule has 3 heterocycles. The highest BCUT2D eigenvalue weighted by Gasteiger charge is 2.42. The van der Waals surface area contributed by atoms with Gasteiger partial charge in [0, 0.05) is 43.0 Å². The molecule has 4 rings (SSSR count). The van der Waals surface area contributed by atoms with E-state index in [1.807, 2.05) is 45.2 Å².